The molecule has 0 radical (unpaired) electrons. The van der Waals surface area contributed by atoms with Gasteiger partial charge in [0.1, 0.15) is 5.82 Å². The van der Waals surface area contributed by atoms with E-state index in [2.05, 4.69) is 37.0 Å². The van der Waals surface area contributed by atoms with Crippen molar-refractivity contribution in [3.63, 3.8) is 0 Å². The number of carbonyl (C=O) groups is 1. The van der Waals surface area contributed by atoms with E-state index in [-0.39, 0.29) is 18.0 Å². The minimum absolute atomic E-state index is 0.114. The summed E-state index contributed by atoms with van der Waals surface area (Å²) >= 11 is 4.99. The Morgan fingerprint density at radius 3 is 2.76 bits per heavy atom. The SMILES string of the molecule is CCOC(=O)N1CCN([C@H](c2cccc(Br)c2)c2sc3nc(C)nn3c2O)CC1. The molecule has 10 heteroatoms. The van der Waals surface area contributed by atoms with E-state index in [0.29, 0.717) is 43.6 Å². The third kappa shape index (κ3) is 3.96. The molecule has 154 valence electrons. The highest BCUT2D eigenvalue weighted by Gasteiger charge is 2.33. The molecule has 0 saturated carbocycles. The minimum Gasteiger partial charge on any atom is -0.492 e. The van der Waals surface area contributed by atoms with Crippen LogP contribution in [0.2, 0.25) is 0 Å². The number of aromatic nitrogens is 3. The molecule has 1 aliphatic heterocycles. The Hall–Kier alpha value is -2.17. The standard InChI is InChI=1S/C19H22BrN5O3S/c1-3-28-19(27)24-9-7-23(8-10-24)15(13-5-4-6-14(20)11-13)16-17(26)25-18(29-16)21-12(2)22-25/h4-6,11,15,26H,3,7-10H2,1-2H3/t15-/m1/s1. The predicted octanol–water partition coefficient (Wildman–Crippen LogP) is 3.43. The smallest absolute Gasteiger partial charge is 0.409 e. The fourth-order valence-electron chi connectivity index (χ4n) is 3.61. The summed E-state index contributed by atoms with van der Waals surface area (Å²) in [5, 5.41) is 15.2. The molecule has 8 nitrogen and oxygen atoms in total. The van der Waals surface area contributed by atoms with Crippen LogP contribution in [0.1, 0.15) is 29.2 Å². The zero-order chi connectivity index (χ0) is 20.5. The minimum atomic E-state index is -0.275. The number of thiazole rings is 1. The third-order valence-electron chi connectivity index (χ3n) is 4.92. The zero-order valence-corrected chi connectivity index (χ0v) is 18.6. The lowest BCUT2D eigenvalue weighted by Crippen LogP contribution is -2.49. The summed E-state index contributed by atoms with van der Waals surface area (Å²) in [7, 11) is 0. The number of nitrogens with zero attached hydrogens (tertiary/aromatic N) is 5. The van der Waals surface area contributed by atoms with Crippen LogP contribution in [0.15, 0.2) is 28.7 Å². The second kappa shape index (κ2) is 8.29. The highest BCUT2D eigenvalue weighted by atomic mass is 79.9. The molecule has 1 amide bonds. The van der Waals surface area contributed by atoms with Crippen molar-refractivity contribution in [2.45, 2.75) is 19.9 Å². The average molecular weight is 480 g/mol. The molecule has 4 rings (SSSR count). The number of fused-ring (bicyclic) bond motifs is 1. The Balaban J connectivity index is 1.67. The van der Waals surface area contributed by atoms with E-state index in [4.69, 9.17) is 4.74 Å². The first-order valence-corrected chi connectivity index (χ1v) is 11.0. The van der Waals surface area contributed by atoms with Crippen LogP contribution in [0, 0.1) is 6.92 Å². The van der Waals surface area contributed by atoms with Crippen LogP contribution in [0.4, 0.5) is 4.79 Å². The number of ether oxygens (including phenoxy) is 1. The first kappa shape index (κ1) is 20.1. The fourth-order valence-corrected chi connectivity index (χ4v) is 5.19. The monoisotopic (exact) mass is 479 g/mol. The van der Waals surface area contributed by atoms with E-state index < -0.39 is 0 Å². The largest absolute Gasteiger partial charge is 0.492 e. The topological polar surface area (TPSA) is 83.2 Å². The number of halogens is 1. The highest BCUT2D eigenvalue weighted by molar-refractivity contribution is 9.10. The zero-order valence-electron chi connectivity index (χ0n) is 16.2. The van der Waals surface area contributed by atoms with Gasteiger partial charge < -0.3 is 14.7 Å². The molecular weight excluding hydrogens is 458 g/mol. The molecule has 1 aliphatic rings. The first-order valence-electron chi connectivity index (χ1n) is 9.44. The highest BCUT2D eigenvalue weighted by Crippen LogP contribution is 2.40. The molecule has 1 saturated heterocycles. The molecule has 0 spiro atoms. The maximum atomic E-state index is 12.0. The van der Waals surface area contributed by atoms with Crippen molar-refractivity contribution in [3.8, 4) is 5.88 Å². The van der Waals surface area contributed by atoms with Crippen molar-refractivity contribution in [2.24, 2.45) is 0 Å². The number of hydrogen-bond acceptors (Lipinski definition) is 7. The predicted molar refractivity (Wildman–Crippen MR) is 113 cm³/mol. The van der Waals surface area contributed by atoms with Gasteiger partial charge in [0.25, 0.3) is 0 Å². The number of aryl methyl sites for hydroxylation is 1. The number of aromatic hydroxyl groups is 1. The Bertz CT molecular complexity index is 1030. The molecule has 0 unspecified atom stereocenters. The van der Waals surface area contributed by atoms with Crippen molar-refractivity contribution < 1.29 is 14.6 Å². The maximum Gasteiger partial charge on any atom is 0.409 e. The quantitative estimate of drug-likeness (QED) is 0.616. The third-order valence-corrected chi connectivity index (χ3v) is 6.49. The van der Waals surface area contributed by atoms with E-state index in [1.54, 1.807) is 11.8 Å². The van der Waals surface area contributed by atoms with E-state index in [1.165, 1.54) is 15.9 Å². The second-order valence-electron chi connectivity index (χ2n) is 6.82. The van der Waals surface area contributed by atoms with Crippen LogP contribution in [0.3, 0.4) is 0 Å². The van der Waals surface area contributed by atoms with Crippen molar-refractivity contribution in [1.29, 1.82) is 0 Å². The molecule has 1 N–H and O–H groups in total. The average Bonchev–Trinajstić information content (AvgIpc) is 3.20. The molecular formula is C19H22BrN5O3S. The molecule has 29 heavy (non-hydrogen) atoms. The number of carbonyl (C=O) groups excluding carboxylic acids is 1. The molecule has 0 bridgehead atoms. The first-order chi connectivity index (χ1) is 14.0. The Morgan fingerprint density at radius 1 is 1.34 bits per heavy atom. The Kier molecular flexibility index (Phi) is 5.75. The van der Waals surface area contributed by atoms with Gasteiger partial charge in [-0.05, 0) is 31.5 Å². The van der Waals surface area contributed by atoms with Gasteiger partial charge in [-0.15, -0.1) is 5.10 Å². The van der Waals surface area contributed by atoms with E-state index in [1.807, 2.05) is 25.1 Å². The summed E-state index contributed by atoms with van der Waals surface area (Å²) < 4.78 is 7.59. The lowest BCUT2D eigenvalue weighted by atomic mass is 10.0. The summed E-state index contributed by atoms with van der Waals surface area (Å²) in [5.41, 5.74) is 1.06. The Morgan fingerprint density at radius 2 is 2.10 bits per heavy atom. The summed E-state index contributed by atoms with van der Waals surface area (Å²) in [6.45, 7) is 6.47. The van der Waals surface area contributed by atoms with Crippen molar-refractivity contribution in [1.82, 2.24) is 24.4 Å². The van der Waals surface area contributed by atoms with Gasteiger partial charge in [0.05, 0.1) is 17.5 Å². The fraction of sp³-hybridized carbons (Fsp3) is 0.421. The van der Waals surface area contributed by atoms with Gasteiger partial charge in [-0.2, -0.15) is 4.52 Å². The number of piperazine rings is 1. The normalized spacial score (nSPS) is 16.3. The van der Waals surface area contributed by atoms with E-state index in [9.17, 15) is 9.90 Å². The molecule has 0 aliphatic carbocycles. The number of hydrogen-bond donors (Lipinski definition) is 1. The van der Waals surface area contributed by atoms with E-state index >= 15 is 0 Å². The van der Waals surface area contributed by atoms with Crippen LogP contribution in [0.25, 0.3) is 4.96 Å². The summed E-state index contributed by atoms with van der Waals surface area (Å²) in [6, 6.07) is 7.91. The lowest BCUT2D eigenvalue weighted by Gasteiger charge is -2.38. The Labute approximate surface area is 180 Å². The van der Waals surface area contributed by atoms with Crippen LogP contribution < -0.4 is 0 Å². The van der Waals surface area contributed by atoms with Crippen molar-refractivity contribution >= 4 is 38.3 Å². The van der Waals surface area contributed by atoms with Crippen molar-refractivity contribution in [2.75, 3.05) is 32.8 Å². The van der Waals surface area contributed by atoms with Crippen molar-refractivity contribution in [3.05, 3.63) is 45.0 Å². The number of rotatable bonds is 4. The number of benzene rings is 1. The lowest BCUT2D eigenvalue weighted by molar-refractivity contribution is 0.0715. The van der Waals surface area contributed by atoms with Gasteiger partial charge in [0, 0.05) is 30.7 Å². The van der Waals surface area contributed by atoms with Crippen LogP contribution in [-0.2, 0) is 4.74 Å². The molecule has 1 atom stereocenters. The van der Waals surface area contributed by atoms with Gasteiger partial charge in [-0.25, -0.2) is 9.78 Å². The summed E-state index contributed by atoms with van der Waals surface area (Å²) in [5.74, 6) is 0.739. The van der Waals surface area contributed by atoms with Gasteiger partial charge in [-0.1, -0.05) is 39.4 Å². The maximum absolute atomic E-state index is 12.0. The summed E-state index contributed by atoms with van der Waals surface area (Å²) in [6.07, 6.45) is -0.275. The van der Waals surface area contributed by atoms with Gasteiger partial charge in [0.15, 0.2) is 0 Å². The van der Waals surface area contributed by atoms with E-state index in [0.717, 1.165) is 14.9 Å². The number of amides is 1. The summed E-state index contributed by atoms with van der Waals surface area (Å²) in [4.78, 5) is 21.9. The molecule has 2 aromatic heterocycles. The molecule has 1 fully saturated rings. The molecule has 1 aromatic carbocycles. The van der Waals surface area contributed by atoms with Gasteiger partial charge in [-0.3, -0.25) is 4.90 Å². The second-order valence-corrected chi connectivity index (χ2v) is 8.75. The van der Waals surface area contributed by atoms with Gasteiger partial charge >= 0.3 is 6.09 Å². The molecule has 3 heterocycles. The van der Waals surface area contributed by atoms with Crippen LogP contribution in [-0.4, -0.2) is 68.4 Å². The molecule has 3 aromatic rings. The van der Waals surface area contributed by atoms with Crippen LogP contribution >= 0.6 is 27.3 Å². The van der Waals surface area contributed by atoms with Crippen LogP contribution in [0.5, 0.6) is 5.88 Å². The van der Waals surface area contributed by atoms with Gasteiger partial charge in [0.2, 0.25) is 10.8 Å².